The zero-order valence-corrected chi connectivity index (χ0v) is 19.6. The largest absolute Gasteiger partial charge is 0.362 e. The minimum Gasteiger partial charge on any atom is -0.362 e. The lowest BCUT2D eigenvalue weighted by Crippen LogP contribution is -2.49. The smallest absolute Gasteiger partial charge is 0.154 e. The average molecular weight is 448 g/mol. The molecule has 5 rings (SSSR count). The SMILES string of the molecule is Cc1c(F)ccc2cc([C@H](C)Nc3ncnn4cccc34)c(N3CCN(C(C)C)CC3)nc12. The molecule has 7 nitrogen and oxygen atoms in total. The van der Waals surface area contributed by atoms with Crippen LogP contribution in [0, 0.1) is 12.7 Å². The Hall–Kier alpha value is -3.26. The lowest BCUT2D eigenvalue weighted by molar-refractivity contribution is 0.209. The Morgan fingerprint density at radius 1 is 1.06 bits per heavy atom. The van der Waals surface area contributed by atoms with Crippen molar-refractivity contribution in [2.75, 3.05) is 36.4 Å². The van der Waals surface area contributed by atoms with Crippen LogP contribution in [0.15, 0.2) is 42.9 Å². The molecule has 0 bridgehead atoms. The molecule has 1 aliphatic heterocycles. The standard InChI is InChI=1S/C25H30FN7/c1-16(2)31-10-12-32(13-11-31)25-20(14-19-7-8-21(26)17(3)23(19)30-25)18(4)29-24-22-6-5-9-33(22)28-15-27-24/h5-9,14-16,18H,10-13H2,1-4H3,(H,27,28,29)/t18-/m0/s1. The number of halogens is 1. The summed E-state index contributed by atoms with van der Waals surface area (Å²) >= 11 is 0. The first-order valence-corrected chi connectivity index (χ1v) is 11.6. The van der Waals surface area contributed by atoms with E-state index in [1.807, 2.05) is 24.4 Å². The third-order valence-corrected chi connectivity index (χ3v) is 6.68. The van der Waals surface area contributed by atoms with Crippen molar-refractivity contribution in [2.24, 2.45) is 0 Å². The Labute approximate surface area is 193 Å². The third kappa shape index (κ3) is 3.99. The van der Waals surface area contributed by atoms with E-state index in [-0.39, 0.29) is 11.9 Å². The molecule has 0 amide bonds. The lowest BCUT2D eigenvalue weighted by Gasteiger charge is -2.38. The number of nitrogens with one attached hydrogen (secondary N) is 1. The van der Waals surface area contributed by atoms with Crippen LogP contribution in [0.2, 0.25) is 0 Å². The van der Waals surface area contributed by atoms with Crippen LogP contribution in [0.25, 0.3) is 16.4 Å². The number of piperazine rings is 1. The average Bonchev–Trinajstić information content (AvgIpc) is 3.31. The molecular formula is C25H30FN7. The molecule has 172 valence electrons. The predicted octanol–water partition coefficient (Wildman–Crippen LogP) is 4.43. The summed E-state index contributed by atoms with van der Waals surface area (Å²) in [6.07, 6.45) is 3.46. The van der Waals surface area contributed by atoms with E-state index in [4.69, 9.17) is 4.98 Å². The van der Waals surface area contributed by atoms with Gasteiger partial charge < -0.3 is 10.2 Å². The van der Waals surface area contributed by atoms with Gasteiger partial charge in [0, 0.05) is 54.9 Å². The number of pyridine rings is 1. The highest BCUT2D eigenvalue weighted by molar-refractivity contribution is 5.85. The van der Waals surface area contributed by atoms with Crippen LogP contribution in [0.4, 0.5) is 16.0 Å². The normalized spacial score (nSPS) is 16.1. The van der Waals surface area contributed by atoms with Gasteiger partial charge in [-0.15, -0.1) is 0 Å². The summed E-state index contributed by atoms with van der Waals surface area (Å²) in [5, 5.41) is 8.76. The Kier molecular flexibility index (Phi) is 5.62. The molecule has 3 aromatic heterocycles. The van der Waals surface area contributed by atoms with Gasteiger partial charge in [0.15, 0.2) is 5.82 Å². The van der Waals surface area contributed by atoms with Gasteiger partial charge in [0.05, 0.1) is 11.6 Å². The van der Waals surface area contributed by atoms with Gasteiger partial charge in [0.1, 0.15) is 23.5 Å². The molecule has 0 saturated carbocycles. The monoisotopic (exact) mass is 447 g/mol. The topological polar surface area (TPSA) is 61.6 Å². The van der Waals surface area contributed by atoms with Gasteiger partial charge in [-0.1, -0.05) is 0 Å². The van der Waals surface area contributed by atoms with Gasteiger partial charge >= 0.3 is 0 Å². The van der Waals surface area contributed by atoms with Crippen molar-refractivity contribution in [1.29, 1.82) is 0 Å². The van der Waals surface area contributed by atoms with Crippen molar-refractivity contribution in [3.05, 3.63) is 59.8 Å². The Balaban J connectivity index is 1.55. The molecule has 1 N–H and O–H groups in total. The van der Waals surface area contributed by atoms with Gasteiger partial charge in [-0.05, 0) is 58.0 Å². The summed E-state index contributed by atoms with van der Waals surface area (Å²) in [5.41, 5.74) is 3.31. The van der Waals surface area contributed by atoms with Crippen molar-refractivity contribution in [2.45, 2.75) is 39.8 Å². The second-order valence-electron chi connectivity index (χ2n) is 9.07. The quantitative estimate of drug-likeness (QED) is 0.488. The third-order valence-electron chi connectivity index (χ3n) is 6.68. The molecule has 4 heterocycles. The Morgan fingerprint density at radius 2 is 1.85 bits per heavy atom. The number of anilines is 2. The summed E-state index contributed by atoms with van der Waals surface area (Å²) in [5.74, 6) is 1.47. The number of nitrogens with zero attached hydrogens (tertiary/aromatic N) is 6. The number of rotatable bonds is 5. The predicted molar refractivity (Wildman–Crippen MR) is 130 cm³/mol. The molecule has 0 spiro atoms. The van der Waals surface area contributed by atoms with E-state index in [1.165, 1.54) is 6.07 Å². The number of aryl methyl sites for hydroxylation is 1. The Bertz CT molecular complexity index is 1290. The molecule has 1 atom stereocenters. The molecule has 1 aliphatic rings. The molecule has 0 unspecified atom stereocenters. The lowest BCUT2D eigenvalue weighted by atomic mass is 10.0. The maximum absolute atomic E-state index is 14.3. The fraction of sp³-hybridized carbons (Fsp3) is 0.400. The highest BCUT2D eigenvalue weighted by Gasteiger charge is 2.25. The highest BCUT2D eigenvalue weighted by atomic mass is 19.1. The molecule has 8 heteroatoms. The fourth-order valence-electron chi connectivity index (χ4n) is 4.65. The summed E-state index contributed by atoms with van der Waals surface area (Å²) in [6.45, 7) is 12.1. The van der Waals surface area contributed by atoms with Crippen molar-refractivity contribution in [3.63, 3.8) is 0 Å². The van der Waals surface area contributed by atoms with Gasteiger partial charge in [0.2, 0.25) is 0 Å². The molecule has 1 saturated heterocycles. The van der Waals surface area contributed by atoms with Crippen LogP contribution in [-0.2, 0) is 0 Å². The molecule has 1 aromatic carbocycles. The van der Waals surface area contributed by atoms with Gasteiger partial charge in [-0.2, -0.15) is 5.10 Å². The fourth-order valence-corrected chi connectivity index (χ4v) is 4.65. The van der Waals surface area contributed by atoms with Crippen molar-refractivity contribution in [1.82, 2.24) is 24.5 Å². The first-order valence-electron chi connectivity index (χ1n) is 11.6. The Morgan fingerprint density at radius 3 is 2.61 bits per heavy atom. The molecular weight excluding hydrogens is 417 g/mol. The van der Waals surface area contributed by atoms with Gasteiger partial charge in [-0.3, -0.25) is 4.90 Å². The second-order valence-corrected chi connectivity index (χ2v) is 9.07. The van der Waals surface area contributed by atoms with Crippen molar-refractivity contribution >= 4 is 28.1 Å². The van der Waals surface area contributed by atoms with E-state index in [1.54, 1.807) is 17.8 Å². The zero-order valence-electron chi connectivity index (χ0n) is 19.6. The summed E-state index contributed by atoms with van der Waals surface area (Å²) in [7, 11) is 0. The van der Waals surface area contributed by atoms with E-state index < -0.39 is 0 Å². The van der Waals surface area contributed by atoms with Crippen LogP contribution in [0.3, 0.4) is 0 Å². The van der Waals surface area contributed by atoms with Crippen LogP contribution in [0.1, 0.15) is 37.9 Å². The van der Waals surface area contributed by atoms with Crippen molar-refractivity contribution < 1.29 is 4.39 Å². The maximum Gasteiger partial charge on any atom is 0.154 e. The van der Waals surface area contributed by atoms with E-state index in [2.05, 4.69) is 52.0 Å². The van der Waals surface area contributed by atoms with Crippen LogP contribution in [-0.4, -0.2) is 56.7 Å². The number of fused-ring (bicyclic) bond motifs is 2. The number of benzene rings is 1. The highest BCUT2D eigenvalue weighted by Crippen LogP contribution is 2.33. The molecule has 4 aromatic rings. The van der Waals surface area contributed by atoms with Crippen LogP contribution >= 0.6 is 0 Å². The van der Waals surface area contributed by atoms with Crippen molar-refractivity contribution in [3.8, 4) is 0 Å². The number of aromatic nitrogens is 4. The molecule has 0 aliphatic carbocycles. The van der Waals surface area contributed by atoms with Gasteiger partial charge in [-0.25, -0.2) is 18.9 Å². The maximum atomic E-state index is 14.3. The first kappa shape index (κ1) is 21.6. The molecule has 0 radical (unpaired) electrons. The van der Waals surface area contributed by atoms with Crippen LogP contribution < -0.4 is 10.2 Å². The summed E-state index contributed by atoms with van der Waals surface area (Å²) in [4.78, 5) is 14.3. The van der Waals surface area contributed by atoms with Gasteiger partial charge in [0.25, 0.3) is 0 Å². The van der Waals surface area contributed by atoms with E-state index in [0.29, 0.717) is 11.6 Å². The molecule has 33 heavy (non-hydrogen) atoms. The van der Waals surface area contributed by atoms with E-state index in [0.717, 1.165) is 59.8 Å². The summed E-state index contributed by atoms with van der Waals surface area (Å²) in [6, 6.07) is 9.90. The number of hydrogen-bond donors (Lipinski definition) is 1. The second kappa shape index (κ2) is 8.59. The zero-order chi connectivity index (χ0) is 23.1. The van der Waals surface area contributed by atoms with E-state index in [9.17, 15) is 4.39 Å². The summed E-state index contributed by atoms with van der Waals surface area (Å²) < 4.78 is 16.1. The minimum absolute atomic E-state index is 0.0565. The number of hydrogen-bond acceptors (Lipinski definition) is 6. The van der Waals surface area contributed by atoms with Crippen LogP contribution in [0.5, 0.6) is 0 Å². The van der Waals surface area contributed by atoms with E-state index >= 15 is 0 Å². The molecule has 1 fully saturated rings. The first-order chi connectivity index (χ1) is 15.9. The minimum atomic E-state index is -0.221.